The zero-order valence-corrected chi connectivity index (χ0v) is 12.1. The Kier molecular flexibility index (Phi) is 4.49. The molecule has 3 N–H and O–H groups in total. The third-order valence-corrected chi connectivity index (χ3v) is 3.90. The lowest BCUT2D eigenvalue weighted by atomic mass is 9.68. The number of methoxy groups -OCH3 is 1. The van der Waals surface area contributed by atoms with Gasteiger partial charge in [-0.15, -0.1) is 0 Å². The Labute approximate surface area is 119 Å². The van der Waals surface area contributed by atoms with E-state index in [1.807, 2.05) is 13.0 Å². The number of hydrogen-bond donors (Lipinski definition) is 2. The predicted octanol–water partition coefficient (Wildman–Crippen LogP) is 2.16. The number of ether oxygens (including phenoxy) is 2. The van der Waals surface area contributed by atoms with Crippen molar-refractivity contribution in [2.45, 2.75) is 26.2 Å². The van der Waals surface area contributed by atoms with E-state index in [0.717, 1.165) is 19.3 Å². The van der Waals surface area contributed by atoms with Crippen molar-refractivity contribution in [3.05, 3.63) is 18.2 Å². The smallest absolute Gasteiger partial charge is 0.231 e. The van der Waals surface area contributed by atoms with E-state index in [9.17, 15) is 4.79 Å². The Morgan fingerprint density at radius 1 is 1.40 bits per heavy atom. The molecule has 0 unspecified atom stereocenters. The third kappa shape index (κ3) is 2.72. The van der Waals surface area contributed by atoms with Crippen LogP contribution in [-0.2, 0) is 4.79 Å². The number of anilines is 1. The van der Waals surface area contributed by atoms with Gasteiger partial charge in [-0.05, 0) is 31.9 Å². The quantitative estimate of drug-likeness (QED) is 0.836. The largest absolute Gasteiger partial charge is 0.493 e. The minimum atomic E-state index is -0.383. The van der Waals surface area contributed by atoms with E-state index in [1.165, 1.54) is 0 Å². The first-order valence-electron chi connectivity index (χ1n) is 6.97. The molecule has 1 aliphatic carbocycles. The summed E-state index contributed by atoms with van der Waals surface area (Å²) >= 11 is 0. The van der Waals surface area contributed by atoms with Crippen LogP contribution in [0.4, 0.5) is 5.69 Å². The summed E-state index contributed by atoms with van der Waals surface area (Å²) in [6, 6.07) is 5.38. The highest BCUT2D eigenvalue weighted by atomic mass is 16.5. The molecule has 1 amide bonds. The van der Waals surface area contributed by atoms with Crippen LogP contribution in [0.3, 0.4) is 0 Å². The molecule has 0 atom stereocenters. The van der Waals surface area contributed by atoms with E-state index in [2.05, 4.69) is 5.32 Å². The van der Waals surface area contributed by atoms with Crippen molar-refractivity contribution in [2.75, 3.05) is 25.6 Å². The van der Waals surface area contributed by atoms with Crippen LogP contribution < -0.4 is 20.5 Å². The van der Waals surface area contributed by atoms with E-state index in [4.69, 9.17) is 15.2 Å². The maximum absolute atomic E-state index is 12.3. The third-order valence-electron chi connectivity index (χ3n) is 3.90. The van der Waals surface area contributed by atoms with E-state index in [-0.39, 0.29) is 11.3 Å². The highest BCUT2D eigenvalue weighted by Crippen LogP contribution is 2.41. The number of benzene rings is 1. The number of carbonyl (C=O) groups is 1. The standard InChI is InChI=1S/C15H22N2O3/c1-3-20-13-9-11(5-6-12(13)19-2)17-14(18)15(10-16)7-4-8-15/h5-6,9H,3-4,7-8,10,16H2,1-2H3,(H,17,18). The molecule has 0 saturated heterocycles. The fourth-order valence-electron chi connectivity index (χ4n) is 2.41. The molecule has 1 aliphatic rings. The van der Waals surface area contributed by atoms with Gasteiger partial charge in [0.25, 0.3) is 0 Å². The molecule has 5 heteroatoms. The molecule has 5 nitrogen and oxygen atoms in total. The number of nitrogens with two attached hydrogens (primary N) is 1. The summed E-state index contributed by atoms with van der Waals surface area (Å²) in [5, 5.41) is 2.93. The Bertz CT molecular complexity index is 478. The normalized spacial score (nSPS) is 16.1. The Morgan fingerprint density at radius 3 is 2.65 bits per heavy atom. The van der Waals surface area contributed by atoms with Crippen molar-refractivity contribution in [2.24, 2.45) is 11.1 Å². The summed E-state index contributed by atoms with van der Waals surface area (Å²) in [6.07, 6.45) is 2.80. The first kappa shape index (κ1) is 14.7. The molecule has 0 bridgehead atoms. The van der Waals surface area contributed by atoms with Gasteiger partial charge in [-0.25, -0.2) is 0 Å². The second kappa shape index (κ2) is 6.13. The summed E-state index contributed by atoms with van der Waals surface area (Å²) in [4.78, 5) is 12.3. The van der Waals surface area contributed by atoms with E-state index < -0.39 is 0 Å². The first-order valence-corrected chi connectivity index (χ1v) is 6.97. The average molecular weight is 278 g/mol. The Morgan fingerprint density at radius 2 is 2.15 bits per heavy atom. The summed E-state index contributed by atoms with van der Waals surface area (Å²) in [6.45, 7) is 2.84. The van der Waals surface area contributed by atoms with E-state index in [0.29, 0.717) is 30.3 Å². The maximum Gasteiger partial charge on any atom is 0.231 e. The van der Waals surface area contributed by atoms with Crippen molar-refractivity contribution in [3.8, 4) is 11.5 Å². The molecule has 1 aromatic rings. The molecule has 1 aromatic carbocycles. The van der Waals surface area contributed by atoms with Crippen LogP contribution >= 0.6 is 0 Å². The lowest BCUT2D eigenvalue weighted by molar-refractivity contribution is -0.129. The topological polar surface area (TPSA) is 73.6 Å². The Balaban J connectivity index is 2.13. The molecular weight excluding hydrogens is 256 g/mol. The molecule has 110 valence electrons. The second-order valence-electron chi connectivity index (χ2n) is 5.09. The fourth-order valence-corrected chi connectivity index (χ4v) is 2.41. The van der Waals surface area contributed by atoms with Gasteiger partial charge < -0.3 is 20.5 Å². The Hall–Kier alpha value is -1.75. The van der Waals surface area contributed by atoms with Crippen molar-refractivity contribution < 1.29 is 14.3 Å². The lowest BCUT2D eigenvalue weighted by Gasteiger charge is -2.39. The highest BCUT2D eigenvalue weighted by Gasteiger charge is 2.42. The van der Waals surface area contributed by atoms with Gasteiger partial charge >= 0.3 is 0 Å². The fraction of sp³-hybridized carbons (Fsp3) is 0.533. The van der Waals surface area contributed by atoms with Gasteiger partial charge in [-0.2, -0.15) is 0 Å². The van der Waals surface area contributed by atoms with Crippen LogP contribution in [0.2, 0.25) is 0 Å². The molecule has 1 saturated carbocycles. The molecule has 0 spiro atoms. The van der Waals surface area contributed by atoms with Gasteiger partial charge in [-0.3, -0.25) is 4.79 Å². The van der Waals surface area contributed by atoms with Crippen LogP contribution in [0.15, 0.2) is 18.2 Å². The molecule has 0 radical (unpaired) electrons. The van der Waals surface area contributed by atoms with Crippen molar-refractivity contribution >= 4 is 11.6 Å². The summed E-state index contributed by atoms with van der Waals surface area (Å²) < 4.78 is 10.7. The van der Waals surface area contributed by atoms with Crippen molar-refractivity contribution in [1.82, 2.24) is 0 Å². The molecule has 20 heavy (non-hydrogen) atoms. The molecule has 0 aromatic heterocycles. The molecule has 0 aliphatic heterocycles. The van der Waals surface area contributed by atoms with Crippen LogP contribution in [0.25, 0.3) is 0 Å². The van der Waals surface area contributed by atoms with E-state index in [1.54, 1.807) is 19.2 Å². The summed E-state index contributed by atoms with van der Waals surface area (Å²) in [7, 11) is 1.59. The summed E-state index contributed by atoms with van der Waals surface area (Å²) in [5.74, 6) is 1.28. The van der Waals surface area contributed by atoms with Crippen LogP contribution in [0.5, 0.6) is 11.5 Å². The number of nitrogens with one attached hydrogen (secondary N) is 1. The monoisotopic (exact) mass is 278 g/mol. The van der Waals surface area contributed by atoms with Gasteiger partial charge in [-0.1, -0.05) is 6.42 Å². The average Bonchev–Trinajstić information content (AvgIpc) is 2.39. The summed E-state index contributed by atoms with van der Waals surface area (Å²) in [5.41, 5.74) is 6.07. The zero-order valence-electron chi connectivity index (χ0n) is 12.1. The minimum Gasteiger partial charge on any atom is -0.493 e. The predicted molar refractivity (Wildman–Crippen MR) is 78.1 cm³/mol. The molecule has 1 fully saturated rings. The number of rotatable bonds is 6. The van der Waals surface area contributed by atoms with Crippen LogP contribution in [0, 0.1) is 5.41 Å². The van der Waals surface area contributed by atoms with Crippen molar-refractivity contribution in [1.29, 1.82) is 0 Å². The van der Waals surface area contributed by atoms with Gasteiger partial charge in [0.15, 0.2) is 11.5 Å². The van der Waals surface area contributed by atoms with Gasteiger partial charge in [0.05, 0.1) is 19.1 Å². The van der Waals surface area contributed by atoms with Crippen molar-refractivity contribution in [3.63, 3.8) is 0 Å². The zero-order chi connectivity index (χ0) is 14.6. The molecule has 2 rings (SSSR count). The van der Waals surface area contributed by atoms with Gasteiger partial charge in [0, 0.05) is 18.3 Å². The number of carbonyl (C=O) groups excluding carboxylic acids is 1. The molecule has 0 heterocycles. The molecular formula is C15H22N2O3. The second-order valence-corrected chi connectivity index (χ2v) is 5.09. The number of hydrogen-bond acceptors (Lipinski definition) is 4. The van der Waals surface area contributed by atoms with E-state index >= 15 is 0 Å². The SMILES string of the molecule is CCOc1cc(NC(=O)C2(CN)CCC2)ccc1OC. The van der Waals surface area contributed by atoms with Gasteiger partial charge in [0.2, 0.25) is 5.91 Å². The number of amides is 1. The van der Waals surface area contributed by atoms with Crippen LogP contribution in [-0.4, -0.2) is 26.2 Å². The van der Waals surface area contributed by atoms with Gasteiger partial charge in [0.1, 0.15) is 0 Å². The lowest BCUT2D eigenvalue weighted by Crippen LogP contribution is -2.47. The highest BCUT2D eigenvalue weighted by molar-refractivity contribution is 5.96. The first-order chi connectivity index (χ1) is 9.65. The van der Waals surface area contributed by atoms with Crippen LogP contribution in [0.1, 0.15) is 26.2 Å². The minimum absolute atomic E-state index is 0.00105. The maximum atomic E-state index is 12.3.